The molecule has 0 saturated carbocycles. The zero-order valence-electron chi connectivity index (χ0n) is 17.6. The lowest BCUT2D eigenvalue weighted by Crippen LogP contribution is -2.15. The Labute approximate surface area is 171 Å². The molecule has 0 spiro atoms. The van der Waals surface area contributed by atoms with E-state index in [1.807, 2.05) is 7.05 Å². The Morgan fingerprint density at radius 2 is 1.82 bits per heavy atom. The molecule has 0 amide bonds. The molecule has 148 valence electrons. The highest BCUT2D eigenvalue weighted by Crippen LogP contribution is 2.39. The maximum absolute atomic E-state index is 5.01. The van der Waals surface area contributed by atoms with Crippen LogP contribution in [0.2, 0.25) is 0 Å². The molecule has 0 fully saturated rings. The van der Waals surface area contributed by atoms with E-state index >= 15 is 0 Å². The minimum atomic E-state index is 0.158. The summed E-state index contributed by atoms with van der Waals surface area (Å²) in [5, 5.41) is 11.2. The lowest BCUT2D eigenvalue weighted by atomic mass is 9.87. The van der Waals surface area contributed by atoms with E-state index < -0.39 is 0 Å². The highest BCUT2D eigenvalue weighted by Gasteiger charge is 2.22. The standard InChI is InChI=1S/C22H29N5S/c1-14-7-9-16(10-8-14)19-17(12-28-21-24-13-25-27-21)15(2)26-18(20(19)23-6)11-22(3,4)5/h7-10,13,23H,11-12H2,1-6H3,(H,24,25,27). The number of anilines is 1. The number of thioether (sulfide) groups is 1. The van der Waals surface area contributed by atoms with Crippen LogP contribution in [0.15, 0.2) is 35.7 Å². The van der Waals surface area contributed by atoms with E-state index in [0.717, 1.165) is 34.4 Å². The number of rotatable bonds is 6. The van der Waals surface area contributed by atoms with Crippen molar-refractivity contribution in [1.82, 2.24) is 20.2 Å². The first-order valence-corrected chi connectivity index (χ1v) is 10.5. The fraction of sp³-hybridized carbons (Fsp3) is 0.409. The number of hydrogen-bond acceptors (Lipinski definition) is 5. The van der Waals surface area contributed by atoms with Gasteiger partial charge in [-0.2, -0.15) is 5.10 Å². The molecular weight excluding hydrogens is 366 g/mol. The van der Waals surface area contributed by atoms with Gasteiger partial charge in [0, 0.05) is 24.1 Å². The molecule has 3 rings (SSSR count). The molecule has 2 heterocycles. The number of aromatic amines is 1. The minimum Gasteiger partial charge on any atom is -0.386 e. The van der Waals surface area contributed by atoms with Crippen molar-refractivity contribution in [2.24, 2.45) is 5.41 Å². The molecule has 0 radical (unpaired) electrons. The Balaban J connectivity index is 2.14. The van der Waals surface area contributed by atoms with Crippen LogP contribution < -0.4 is 5.32 Å². The van der Waals surface area contributed by atoms with Crippen molar-refractivity contribution in [1.29, 1.82) is 0 Å². The van der Waals surface area contributed by atoms with Crippen LogP contribution in [-0.4, -0.2) is 27.2 Å². The third-order valence-corrected chi connectivity index (χ3v) is 5.52. The number of H-pyrrole nitrogens is 1. The second kappa shape index (κ2) is 8.35. The Bertz CT molecular complexity index is 925. The molecule has 28 heavy (non-hydrogen) atoms. The van der Waals surface area contributed by atoms with Gasteiger partial charge in [-0.05, 0) is 36.8 Å². The molecule has 3 aromatic rings. The molecule has 1 aromatic carbocycles. The SMILES string of the molecule is CNc1c(CC(C)(C)C)nc(C)c(CSc2ncn[nH]2)c1-c1ccc(C)cc1. The maximum atomic E-state index is 5.01. The quantitative estimate of drug-likeness (QED) is 0.547. The zero-order chi connectivity index (χ0) is 20.3. The van der Waals surface area contributed by atoms with Gasteiger partial charge in [-0.25, -0.2) is 4.98 Å². The summed E-state index contributed by atoms with van der Waals surface area (Å²) < 4.78 is 0. The number of benzene rings is 1. The van der Waals surface area contributed by atoms with Crippen molar-refractivity contribution < 1.29 is 0 Å². The number of hydrogen-bond donors (Lipinski definition) is 2. The summed E-state index contributed by atoms with van der Waals surface area (Å²) in [7, 11) is 1.99. The van der Waals surface area contributed by atoms with E-state index in [2.05, 4.69) is 79.4 Å². The lowest BCUT2D eigenvalue weighted by Gasteiger charge is -2.24. The van der Waals surface area contributed by atoms with E-state index in [1.165, 1.54) is 22.3 Å². The first-order chi connectivity index (χ1) is 13.3. The van der Waals surface area contributed by atoms with Crippen LogP contribution >= 0.6 is 11.8 Å². The van der Waals surface area contributed by atoms with Crippen LogP contribution in [0, 0.1) is 19.3 Å². The first kappa shape index (κ1) is 20.4. The van der Waals surface area contributed by atoms with Gasteiger partial charge in [-0.1, -0.05) is 62.4 Å². The molecule has 0 bridgehead atoms. The zero-order valence-corrected chi connectivity index (χ0v) is 18.4. The molecule has 0 saturated heterocycles. The van der Waals surface area contributed by atoms with Crippen LogP contribution in [0.5, 0.6) is 0 Å². The largest absolute Gasteiger partial charge is 0.386 e. The van der Waals surface area contributed by atoms with Gasteiger partial charge < -0.3 is 5.32 Å². The number of aryl methyl sites for hydroxylation is 2. The molecule has 6 heteroatoms. The van der Waals surface area contributed by atoms with Crippen molar-refractivity contribution in [2.75, 3.05) is 12.4 Å². The summed E-state index contributed by atoms with van der Waals surface area (Å²) in [4.78, 5) is 9.25. The van der Waals surface area contributed by atoms with Gasteiger partial charge in [0.1, 0.15) is 6.33 Å². The Morgan fingerprint density at radius 1 is 1.11 bits per heavy atom. The summed E-state index contributed by atoms with van der Waals surface area (Å²) in [5.41, 5.74) is 8.41. The average Bonchev–Trinajstić information content (AvgIpc) is 3.13. The van der Waals surface area contributed by atoms with Gasteiger partial charge in [0.2, 0.25) is 0 Å². The molecule has 0 aliphatic carbocycles. The molecule has 2 aromatic heterocycles. The molecule has 5 nitrogen and oxygen atoms in total. The van der Waals surface area contributed by atoms with E-state index in [1.54, 1.807) is 18.1 Å². The van der Waals surface area contributed by atoms with Crippen LogP contribution in [0.25, 0.3) is 11.1 Å². The third kappa shape index (κ3) is 4.73. The summed E-state index contributed by atoms with van der Waals surface area (Å²) >= 11 is 1.65. The fourth-order valence-electron chi connectivity index (χ4n) is 3.32. The van der Waals surface area contributed by atoms with Crippen LogP contribution in [0.4, 0.5) is 5.69 Å². The second-order valence-corrected chi connectivity index (χ2v) is 9.27. The molecule has 0 aliphatic heterocycles. The summed E-state index contributed by atoms with van der Waals surface area (Å²) in [6.45, 7) is 11.0. The van der Waals surface area contributed by atoms with E-state index in [9.17, 15) is 0 Å². The van der Waals surface area contributed by atoms with Gasteiger partial charge in [0.05, 0.1) is 11.4 Å². The van der Waals surface area contributed by atoms with E-state index in [4.69, 9.17) is 4.98 Å². The predicted octanol–water partition coefficient (Wildman–Crippen LogP) is 5.41. The summed E-state index contributed by atoms with van der Waals surface area (Å²) in [5.74, 6) is 0.779. The predicted molar refractivity (Wildman–Crippen MR) is 118 cm³/mol. The van der Waals surface area contributed by atoms with Crippen LogP contribution in [-0.2, 0) is 12.2 Å². The van der Waals surface area contributed by atoms with Crippen LogP contribution in [0.1, 0.15) is 43.3 Å². The fourth-order valence-corrected chi connectivity index (χ4v) is 4.19. The number of nitrogens with zero attached hydrogens (tertiary/aromatic N) is 3. The third-order valence-electron chi connectivity index (χ3n) is 4.61. The van der Waals surface area contributed by atoms with Gasteiger partial charge in [0.15, 0.2) is 5.16 Å². The van der Waals surface area contributed by atoms with Crippen molar-refractivity contribution in [2.45, 2.75) is 51.9 Å². The number of pyridine rings is 1. The average molecular weight is 396 g/mol. The normalized spacial score (nSPS) is 11.6. The van der Waals surface area contributed by atoms with E-state index in [-0.39, 0.29) is 5.41 Å². The molecule has 0 unspecified atom stereocenters. The highest BCUT2D eigenvalue weighted by atomic mass is 32.2. The first-order valence-electron chi connectivity index (χ1n) is 9.54. The van der Waals surface area contributed by atoms with Gasteiger partial charge in [0.25, 0.3) is 0 Å². The minimum absolute atomic E-state index is 0.158. The molecule has 2 N–H and O–H groups in total. The molecule has 0 atom stereocenters. The summed E-state index contributed by atoms with van der Waals surface area (Å²) in [6.07, 6.45) is 2.46. The smallest absolute Gasteiger partial charge is 0.183 e. The Hall–Kier alpha value is -2.34. The lowest BCUT2D eigenvalue weighted by molar-refractivity contribution is 0.406. The Morgan fingerprint density at radius 3 is 2.39 bits per heavy atom. The van der Waals surface area contributed by atoms with Gasteiger partial charge >= 0.3 is 0 Å². The Kier molecular flexibility index (Phi) is 6.08. The van der Waals surface area contributed by atoms with Crippen molar-refractivity contribution in [3.05, 3.63) is 53.1 Å². The van der Waals surface area contributed by atoms with Crippen molar-refractivity contribution in [3.8, 4) is 11.1 Å². The van der Waals surface area contributed by atoms with Gasteiger partial charge in [-0.3, -0.25) is 10.1 Å². The van der Waals surface area contributed by atoms with Crippen LogP contribution in [0.3, 0.4) is 0 Å². The number of nitrogens with one attached hydrogen (secondary N) is 2. The van der Waals surface area contributed by atoms with E-state index in [0.29, 0.717) is 0 Å². The van der Waals surface area contributed by atoms with Crippen molar-refractivity contribution in [3.63, 3.8) is 0 Å². The second-order valence-electron chi connectivity index (χ2n) is 8.31. The molecule has 0 aliphatic rings. The summed E-state index contributed by atoms with van der Waals surface area (Å²) in [6, 6.07) is 8.74. The topological polar surface area (TPSA) is 66.5 Å². The number of aromatic nitrogens is 4. The van der Waals surface area contributed by atoms with Crippen molar-refractivity contribution >= 4 is 17.4 Å². The molecular formula is C22H29N5S. The maximum Gasteiger partial charge on any atom is 0.183 e. The van der Waals surface area contributed by atoms with Gasteiger partial charge in [-0.15, -0.1) is 0 Å². The monoisotopic (exact) mass is 395 g/mol. The highest BCUT2D eigenvalue weighted by molar-refractivity contribution is 7.98.